The molecule has 43 valence electrons. The molecule has 0 N–H and O–H groups in total. The van der Waals surface area contributed by atoms with Crippen LogP contribution >= 0.6 is 12.6 Å². The Labute approximate surface area is 51.7 Å². The van der Waals surface area contributed by atoms with Gasteiger partial charge in [-0.1, -0.05) is 13.8 Å². The summed E-state index contributed by atoms with van der Waals surface area (Å²) in [6.07, 6.45) is 1.14. The summed E-state index contributed by atoms with van der Waals surface area (Å²) in [4.78, 5) is 0. The molecule has 0 bridgehead atoms. The minimum atomic E-state index is 0.762. The van der Waals surface area contributed by atoms with E-state index in [4.69, 9.17) is 0 Å². The molecule has 0 spiro atoms. The zero-order valence-corrected chi connectivity index (χ0v) is 6.13. The standard InChI is InChI=1S/C6H13S/c1-5(2)4-6(3)7/h5,7H,4H2,1-3H3. The van der Waals surface area contributed by atoms with Crippen LogP contribution in [0.4, 0.5) is 0 Å². The molecule has 7 heavy (non-hydrogen) atoms. The third-order valence-electron chi connectivity index (χ3n) is 0.704. The molecule has 0 aliphatic rings. The van der Waals surface area contributed by atoms with Gasteiger partial charge in [0.15, 0.2) is 0 Å². The summed E-state index contributed by atoms with van der Waals surface area (Å²) >= 11 is 4.15. The molecule has 0 amide bonds. The Morgan fingerprint density at radius 1 is 1.57 bits per heavy atom. The number of hydrogen-bond donors (Lipinski definition) is 1. The van der Waals surface area contributed by atoms with Crippen molar-refractivity contribution in [3.8, 4) is 0 Å². The first-order valence-corrected chi connectivity index (χ1v) is 3.09. The average Bonchev–Trinajstić information content (AvgIpc) is 1.27. The lowest BCUT2D eigenvalue weighted by atomic mass is 10.1. The van der Waals surface area contributed by atoms with E-state index in [0.29, 0.717) is 0 Å². The lowest BCUT2D eigenvalue weighted by Crippen LogP contribution is -1.89. The zero-order valence-electron chi connectivity index (χ0n) is 5.23. The van der Waals surface area contributed by atoms with Crippen molar-refractivity contribution in [1.82, 2.24) is 0 Å². The van der Waals surface area contributed by atoms with Crippen LogP contribution in [-0.2, 0) is 0 Å². The van der Waals surface area contributed by atoms with E-state index in [-0.39, 0.29) is 0 Å². The number of thiol groups is 1. The molecule has 0 aromatic heterocycles. The molecule has 1 radical (unpaired) electrons. The largest absolute Gasteiger partial charge is 0.171 e. The van der Waals surface area contributed by atoms with Crippen LogP contribution in [0, 0.1) is 11.2 Å². The maximum absolute atomic E-state index is 4.15. The Balaban J connectivity index is 2.95. The molecule has 0 aromatic rings. The van der Waals surface area contributed by atoms with E-state index in [1.54, 1.807) is 0 Å². The summed E-state index contributed by atoms with van der Waals surface area (Å²) in [7, 11) is 0. The van der Waals surface area contributed by atoms with E-state index in [9.17, 15) is 0 Å². The van der Waals surface area contributed by atoms with Crippen LogP contribution in [0.2, 0.25) is 0 Å². The number of rotatable bonds is 2. The molecule has 0 atom stereocenters. The normalized spacial score (nSPS) is 11.1. The monoisotopic (exact) mass is 117 g/mol. The van der Waals surface area contributed by atoms with Gasteiger partial charge in [0, 0.05) is 5.25 Å². The average molecular weight is 117 g/mol. The van der Waals surface area contributed by atoms with Crippen molar-refractivity contribution < 1.29 is 0 Å². The van der Waals surface area contributed by atoms with Gasteiger partial charge in [-0.25, -0.2) is 0 Å². The van der Waals surface area contributed by atoms with Crippen LogP contribution < -0.4 is 0 Å². The molecular weight excluding hydrogens is 104 g/mol. The van der Waals surface area contributed by atoms with Crippen molar-refractivity contribution in [2.75, 3.05) is 0 Å². The smallest absolute Gasteiger partial charge is 0.0245 e. The van der Waals surface area contributed by atoms with Gasteiger partial charge in [-0.3, -0.25) is 0 Å². The van der Waals surface area contributed by atoms with E-state index >= 15 is 0 Å². The van der Waals surface area contributed by atoms with Gasteiger partial charge < -0.3 is 0 Å². The van der Waals surface area contributed by atoms with E-state index in [1.165, 1.54) is 5.25 Å². The van der Waals surface area contributed by atoms with Gasteiger partial charge in [0.1, 0.15) is 0 Å². The van der Waals surface area contributed by atoms with Crippen molar-refractivity contribution in [3.05, 3.63) is 5.25 Å². The Morgan fingerprint density at radius 3 is 2.00 bits per heavy atom. The molecule has 0 fully saturated rings. The third kappa shape index (κ3) is 6.35. The molecule has 0 aliphatic heterocycles. The molecular formula is C6H13S. The van der Waals surface area contributed by atoms with Gasteiger partial charge in [-0.2, -0.15) is 12.6 Å². The van der Waals surface area contributed by atoms with Gasteiger partial charge in [0.05, 0.1) is 0 Å². The highest BCUT2D eigenvalue weighted by molar-refractivity contribution is 7.83. The van der Waals surface area contributed by atoms with E-state index < -0.39 is 0 Å². The molecule has 0 saturated heterocycles. The fourth-order valence-electron chi connectivity index (χ4n) is 0.591. The molecule has 1 heteroatoms. The molecule has 0 unspecified atom stereocenters. The lowest BCUT2D eigenvalue weighted by molar-refractivity contribution is 0.630. The number of hydrogen-bond acceptors (Lipinski definition) is 1. The zero-order chi connectivity index (χ0) is 5.86. The van der Waals surface area contributed by atoms with Crippen molar-refractivity contribution in [2.24, 2.45) is 5.92 Å². The minimum Gasteiger partial charge on any atom is -0.171 e. The quantitative estimate of drug-likeness (QED) is 0.528. The van der Waals surface area contributed by atoms with Crippen molar-refractivity contribution >= 4 is 12.6 Å². The summed E-state index contributed by atoms with van der Waals surface area (Å²) in [6.45, 7) is 6.43. The summed E-state index contributed by atoms with van der Waals surface area (Å²) in [5.41, 5.74) is 0. The third-order valence-corrected chi connectivity index (χ3v) is 0.886. The van der Waals surface area contributed by atoms with E-state index in [2.05, 4.69) is 26.5 Å². The molecule has 0 heterocycles. The maximum atomic E-state index is 4.15. The molecule has 0 aliphatic carbocycles. The lowest BCUT2D eigenvalue weighted by Gasteiger charge is -2.04. The Bertz CT molecular complexity index is 33.4. The minimum absolute atomic E-state index is 0.762. The van der Waals surface area contributed by atoms with Gasteiger partial charge in [0.2, 0.25) is 0 Å². The Kier molecular flexibility index (Phi) is 3.53. The van der Waals surface area contributed by atoms with Gasteiger partial charge in [-0.15, -0.1) is 0 Å². The Hall–Kier alpha value is 0.350. The Morgan fingerprint density at radius 2 is 2.00 bits per heavy atom. The van der Waals surface area contributed by atoms with Crippen LogP contribution in [0.25, 0.3) is 0 Å². The fraction of sp³-hybridized carbons (Fsp3) is 0.833. The topological polar surface area (TPSA) is 0 Å². The highest BCUT2D eigenvalue weighted by Gasteiger charge is 1.97. The first kappa shape index (κ1) is 7.35. The van der Waals surface area contributed by atoms with Crippen LogP contribution in [0.1, 0.15) is 27.2 Å². The van der Waals surface area contributed by atoms with Gasteiger partial charge >= 0.3 is 0 Å². The first-order chi connectivity index (χ1) is 3.13. The highest BCUT2D eigenvalue weighted by atomic mass is 32.1. The second-order valence-electron chi connectivity index (χ2n) is 2.33. The summed E-state index contributed by atoms with van der Waals surface area (Å²) < 4.78 is 0. The van der Waals surface area contributed by atoms with Gasteiger partial charge in [0.25, 0.3) is 0 Å². The van der Waals surface area contributed by atoms with Crippen molar-refractivity contribution in [3.63, 3.8) is 0 Å². The summed E-state index contributed by atoms with van der Waals surface area (Å²) in [6, 6.07) is 0. The predicted molar refractivity (Wildman–Crippen MR) is 37.4 cm³/mol. The van der Waals surface area contributed by atoms with Crippen LogP contribution in [0.3, 0.4) is 0 Å². The van der Waals surface area contributed by atoms with Crippen LogP contribution in [0.5, 0.6) is 0 Å². The van der Waals surface area contributed by atoms with Crippen molar-refractivity contribution in [1.29, 1.82) is 0 Å². The maximum Gasteiger partial charge on any atom is 0.0245 e. The highest BCUT2D eigenvalue weighted by Crippen LogP contribution is 2.15. The SMILES string of the molecule is C[C](S)CC(C)C. The second kappa shape index (κ2) is 3.36. The fourth-order valence-corrected chi connectivity index (χ4v) is 0.956. The van der Waals surface area contributed by atoms with E-state index in [0.717, 1.165) is 12.3 Å². The molecule has 0 aromatic carbocycles. The molecule has 0 saturated carbocycles. The predicted octanol–water partition coefficient (Wildman–Crippen LogP) is 2.51. The summed E-state index contributed by atoms with van der Waals surface area (Å²) in [5.74, 6) is 0.762. The second-order valence-corrected chi connectivity index (χ2v) is 3.10. The van der Waals surface area contributed by atoms with Crippen LogP contribution in [0.15, 0.2) is 0 Å². The van der Waals surface area contributed by atoms with E-state index in [1.807, 2.05) is 6.92 Å². The summed E-state index contributed by atoms with van der Waals surface area (Å²) in [5, 5.41) is 1.23. The van der Waals surface area contributed by atoms with Gasteiger partial charge in [-0.05, 0) is 19.3 Å². The molecule has 0 nitrogen and oxygen atoms in total. The van der Waals surface area contributed by atoms with Crippen LogP contribution in [-0.4, -0.2) is 0 Å². The first-order valence-electron chi connectivity index (χ1n) is 2.64. The van der Waals surface area contributed by atoms with Crippen molar-refractivity contribution in [2.45, 2.75) is 27.2 Å². The molecule has 0 rings (SSSR count).